The number of hydrogen-bond donors (Lipinski definition) is 1. The maximum Gasteiger partial charge on any atom is 0.361 e. The molecule has 0 aromatic carbocycles. The molecule has 0 aliphatic rings. The first-order valence-corrected chi connectivity index (χ1v) is 30.8. The van der Waals surface area contributed by atoms with E-state index in [4.69, 9.17) is 18.9 Å². The SMILES string of the molecule is CC/C=C\C/C=C\C/C=C\C/C=C\C/C=C\C/C=C\C/C=C\CCCCCCCCCCCCCCCCCCCCCC(=O)OC(COC(=O)CCCCCCCCCCC)COC(OCC[N+](C)(C)C)C(=O)O. The summed E-state index contributed by atoms with van der Waals surface area (Å²) in [5.74, 6) is -2.00. The third-order valence-electron chi connectivity index (χ3n) is 13.2. The number of carbonyl (C=O) groups is 3. The molecule has 9 nitrogen and oxygen atoms in total. The Morgan fingerprint density at radius 2 is 0.760 bits per heavy atom. The minimum Gasteiger partial charge on any atom is -0.477 e. The minimum atomic E-state index is -1.51. The minimum absolute atomic E-state index is 0.180. The van der Waals surface area contributed by atoms with Gasteiger partial charge < -0.3 is 28.5 Å². The molecule has 0 radical (unpaired) electrons. The molecule has 75 heavy (non-hydrogen) atoms. The first-order chi connectivity index (χ1) is 36.6. The molecule has 0 aromatic heterocycles. The average molecular weight is 1050 g/mol. The number of esters is 2. The molecule has 0 aromatic rings. The van der Waals surface area contributed by atoms with Crippen LogP contribution in [0, 0.1) is 0 Å². The Morgan fingerprint density at radius 3 is 1.13 bits per heavy atom. The first kappa shape index (κ1) is 71.5. The van der Waals surface area contributed by atoms with Gasteiger partial charge in [0.1, 0.15) is 13.2 Å². The average Bonchev–Trinajstić information content (AvgIpc) is 3.38. The van der Waals surface area contributed by atoms with Gasteiger partial charge in [0.05, 0.1) is 34.4 Å². The van der Waals surface area contributed by atoms with Crippen molar-refractivity contribution in [2.24, 2.45) is 0 Å². The highest BCUT2D eigenvalue weighted by atomic mass is 16.7. The van der Waals surface area contributed by atoms with Gasteiger partial charge in [-0.25, -0.2) is 4.79 Å². The molecule has 0 saturated carbocycles. The van der Waals surface area contributed by atoms with E-state index in [-0.39, 0.29) is 32.2 Å². The predicted octanol–water partition coefficient (Wildman–Crippen LogP) is 18.3. The van der Waals surface area contributed by atoms with Gasteiger partial charge >= 0.3 is 17.9 Å². The summed E-state index contributed by atoms with van der Waals surface area (Å²) in [5.41, 5.74) is 0. The van der Waals surface area contributed by atoms with Crippen molar-refractivity contribution in [1.82, 2.24) is 0 Å². The Labute approximate surface area is 461 Å². The van der Waals surface area contributed by atoms with Crippen LogP contribution in [0.25, 0.3) is 0 Å². The lowest BCUT2D eigenvalue weighted by atomic mass is 10.0. The van der Waals surface area contributed by atoms with Crippen LogP contribution in [0.4, 0.5) is 0 Å². The Bertz CT molecular complexity index is 1500. The summed E-state index contributed by atoms with van der Waals surface area (Å²) in [4.78, 5) is 37.2. The fraction of sp³-hybridized carbons (Fsp3) is 0.742. The van der Waals surface area contributed by atoms with Gasteiger partial charge in [-0.2, -0.15) is 0 Å². The number of nitrogens with zero attached hydrogens (tertiary/aromatic N) is 1. The maximum atomic E-state index is 12.8. The van der Waals surface area contributed by atoms with E-state index >= 15 is 0 Å². The van der Waals surface area contributed by atoms with Crippen molar-refractivity contribution in [2.45, 2.75) is 270 Å². The van der Waals surface area contributed by atoms with Crippen molar-refractivity contribution in [1.29, 1.82) is 0 Å². The normalized spacial score (nSPS) is 13.3. The summed E-state index contributed by atoms with van der Waals surface area (Å²) in [7, 11) is 5.96. The van der Waals surface area contributed by atoms with E-state index < -0.39 is 24.3 Å². The molecule has 0 fully saturated rings. The molecule has 0 aliphatic carbocycles. The van der Waals surface area contributed by atoms with Crippen molar-refractivity contribution >= 4 is 17.9 Å². The molecule has 0 bridgehead atoms. The van der Waals surface area contributed by atoms with Gasteiger partial charge in [-0.05, 0) is 70.6 Å². The zero-order valence-corrected chi connectivity index (χ0v) is 49.2. The van der Waals surface area contributed by atoms with E-state index in [9.17, 15) is 19.5 Å². The number of quaternary nitrogens is 1. The highest BCUT2D eigenvalue weighted by molar-refractivity contribution is 5.71. The van der Waals surface area contributed by atoms with Crippen LogP contribution < -0.4 is 0 Å². The van der Waals surface area contributed by atoms with E-state index in [0.717, 1.165) is 83.5 Å². The highest BCUT2D eigenvalue weighted by Crippen LogP contribution is 2.17. The number of unbranched alkanes of at least 4 members (excludes halogenated alkanes) is 27. The molecule has 0 spiro atoms. The molecule has 0 saturated heterocycles. The van der Waals surface area contributed by atoms with Gasteiger partial charge in [0.25, 0.3) is 6.29 Å². The molecule has 432 valence electrons. The van der Waals surface area contributed by atoms with Crippen LogP contribution in [-0.2, 0) is 33.3 Å². The van der Waals surface area contributed by atoms with Gasteiger partial charge in [-0.1, -0.05) is 259 Å². The zero-order chi connectivity index (χ0) is 54.8. The molecular weight excluding hydrogens is 935 g/mol. The summed E-state index contributed by atoms with van der Waals surface area (Å²) in [6.45, 7) is 4.75. The Morgan fingerprint density at radius 1 is 0.413 bits per heavy atom. The number of allylic oxidation sites excluding steroid dienone is 14. The van der Waals surface area contributed by atoms with Crippen LogP contribution in [0.1, 0.15) is 258 Å². The lowest BCUT2D eigenvalue weighted by Gasteiger charge is -2.25. The van der Waals surface area contributed by atoms with Gasteiger partial charge in [0.2, 0.25) is 0 Å². The molecule has 1 N–H and O–H groups in total. The van der Waals surface area contributed by atoms with E-state index in [1.807, 2.05) is 21.1 Å². The summed E-state index contributed by atoms with van der Waals surface area (Å²) < 4.78 is 22.8. The third-order valence-corrected chi connectivity index (χ3v) is 13.2. The van der Waals surface area contributed by atoms with Crippen LogP contribution in [0.15, 0.2) is 85.1 Å². The molecular formula is C66H116NO8+. The molecule has 0 amide bonds. The van der Waals surface area contributed by atoms with E-state index in [0.29, 0.717) is 17.4 Å². The van der Waals surface area contributed by atoms with Gasteiger partial charge in [-0.3, -0.25) is 9.59 Å². The van der Waals surface area contributed by atoms with Gasteiger partial charge in [-0.15, -0.1) is 0 Å². The fourth-order valence-electron chi connectivity index (χ4n) is 8.47. The number of carboxylic acids is 1. The largest absolute Gasteiger partial charge is 0.477 e. The van der Waals surface area contributed by atoms with Crippen molar-refractivity contribution in [3.05, 3.63) is 85.1 Å². The van der Waals surface area contributed by atoms with Crippen LogP contribution in [0.2, 0.25) is 0 Å². The standard InChI is InChI=1S/C66H115NO8/c1-6-8-10-12-14-16-17-18-19-20-21-22-23-24-25-26-27-28-29-30-31-32-33-34-35-36-37-38-39-40-41-42-43-44-45-46-47-49-51-53-55-57-64(69)75-62(61-74-66(65(70)71)72-59-58-67(3,4)5)60-73-63(68)56-54-52-50-48-15-13-11-9-7-2/h8,10,14,16,18-19,21-22,24-25,27-28,30-31,62,66H,6-7,9,11-13,15,17,20,23,26,29,32-61H2,1-5H3/p+1/b10-8-,16-14-,19-18-,22-21-,25-24-,28-27-,31-30-. The molecule has 0 rings (SSSR count). The van der Waals surface area contributed by atoms with E-state index in [1.165, 1.54) is 148 Å². The van der Waals surface area contributed by atoms with Crippen molar-refractivity contribution in [3.63, 3.8) is 0 Å². The summed E-state index contributed by atoms with van der Waals surface area (Å²) in [5, 5.41) is 9.67. The number of aliphatic carboxylic acids is 1. The second-order valence-corrected chi connectivity index (χ2v) is 21.6. The summed E-state index contributed by atoms with van der Waals surface area (Å²) in [6.07, 6.45) is 72.8. The molecule has 0 heterocycles. The van der Waals surface area contributed by atoms with E-state index in [1.54, 1.807) is 0 Å². The fourth-order valence-corrected chi connectivity index (χ4v) is 8.47. The Hall–Kier alpha value is -3.53. The lowest BCUT2D eigenvalue weighted by Crippen LogP contribution is -2.40. The van der Waals surface area contributed by atoms with Crippen LogP contribution in [0.3, 0.4) is 0 Å². The summed E-state index contributed by atoms with van der Waals surface area (Å²) in [6, 6.07) is 0. The molecule has 2 unspecified atom stereocenters. The summed E-state index contributed by atoms with van der Waals surface area (Å²) >= 11 is 0. The zero-order valence-electron chi connectivity index (χ0n) is 49.2. The Balaban J connectivity index is 3.92. The van der Waals surface area contributed by atoms with Crippen LogP contribution in [0.5, 0.6) is 0 Å². The maximum absolute atomic E-state index is 12.8. The smallest absolute Gasteiger partial charge is 0.361 e. The van der Waals surface area contributed by atoms with Gasteiger partial charge in [0.15, 0.2) is 6.10 Å². The van der Waals surface area contributed by atoms with Crippen LogP contribution >= 0.6 is 0 Å². The van der Waals surface area contributed by atoms with Crippen molar-refractivity contribution < 1.29 is 42.9 Å². The molecule has 0 aliphatic heterocycles. The second-order valence-electron chi connectivity index (χ2n) is 21.6. The molecule has 2 atom stereocenters. The monoisotopic (exact) mass is 1050 g/mol. The van der Waals surface area contributed by atoms with Crippen LogP contribution in [-0.4, -0.2) is 87.4 Å². The topological polar surface area (TPSA) is 108 Å². The third kappa shape index (κ3) is 58.0. The number of rotatable bonds is 56. The second kappa shape index (κ2) is 56.7. The number of ether oxygens (including phenoxy) is 4. The first-order valence-electron chi connectivity index (χ1n) is 30.8. The van der Waals surface area contributed by atoms with E-state index in [2.05, 4.69) is 98.9 Å². The quantitative estimate of drug-likeness (QED) is 0.0211. The van der Waals surface area contributed by atoms with Gasteiger partial charge in [0, 0.05) is 12.8 Å². The number of likely N-dealkylation sites (N-methyl/N-ethyl adjacent to an activating group) is 1. The number of hydrogen-bond acceptors (Lipinski definition) is 7. The highest BCUT2D eigenvalue weighted by Gasteiger charge is 2.25. The molecule has 9 heteroatoms. The predicted molar refractivity (Wildman–Crippen MR) is 318 cm³/mol. The number of carbonyl (C=O) groups excluding carboxylic acids is 2. The Kier molecular flexibility index (Phi) is 54.0. The van der Waals surface area contributed by atoms with Crippen molar-refractivity contribution in [2.75, 3.05) is 47.5 Å². The number of carboxylic acid groups (broad SMARTS) is 1. The van der Waals surface area contributed by atoms with Crippen molar-refractivity contribution in [3.8, 4) is 0 Å². The lowest BCUT2D eigenvalue weighted by molar-refractivity contribution is -0.870.